The number of aromatic nitrogens is 1. The van der Waals surface area contributed by atoms with Gasteiger partial charge in [0.05, 0.1) is 0 Å². The van der Waals surface area contributed by atoms with Gasteiger partial charge in [0.15, 0.2) is 10.8 Å². The van der Waals surface area contributed by atoms with Gasteiger partial charge in [0, 0.05) is 5.38 Å². The normalized spacial score (nSPS) is 19.3. The number of rotatable bonds is 9. The second-order valence-corrected chi connectivity index (χ2v) is 7.47. The molecule has 3 N–H and O–H groups in total. The van der Waals surface area contributed by atoms with Crippen LogP contribution in [-0.2, 0) is 19.2 Å². The third-order valence-electron chi connectivity index (χ3n) is 3.17. The molecule has 1 aliphatic rings. The second-order valence-electron chi connectivity index (χ2n) is 5.09. The van der Waals surface area contributed by atoms with Crippen molar-refractivity contribution in [3.05, 3.63) is 11.1 Å². The van der Waals surface area contributed by atoms with E-state index in [-0.39, 0.29) is 33.7 Å². The molecular formula is C14H18ClN5O4S2. The van der Waals surface area contributed by atoms with Crippen LogP contribution in [0.3, 0.4) is 0 Å². The molecule has 0 saturated carbocycles. The minimum atomic E-state index is -0.643. The average Bonchev–Trinajstić information content (AvgIpc) is 3.08. The highest BCUT2D eigenvalue weighted by molar-refractivity contribution is 8.00. The summed E-state index contributed by atoms with van der Waals surface area (Å²) in [6.07, 6.45) is 0.962. The number of thiazole rings is 1. The van der Waals surface area contributed by atoms with Crippen molar-refractivity contribution in [1.82, 2.24) is 15.6 Å². The zero-order chi connectivity index (χ0) is 19.1. The number of oxime groups is 1. The Kier molecular flexibility index (Phi) is 7.66. The van der Waals surface area contributed by atoms with Gasteiger partial charge in [-0.3, -0.25) is 14.4 Å². The summed E-state index contributed by atoms with van der Waals surface area (Å²) in [5.41, 5.74) is 0.130. The lowest BCUT2D eigenvalue weighted by Crippen LogP contribution is -2.68. The third kappa shape index (κ3) is 5.08. The van der Waals surface area contributed by atoms with E-state index in [2.05, 4.69) is 26.1 Å². The molecule has 9 nitrogen and oxygen atoms in total. The molecule has 0 aromatic carbocycles. The molecule has 1 aromatic heterocycles. The van der Waals surface area contributed by atoms with Crippen molar-refractivity contribution in [2.45, 2.75) is 24.8 Å². The quantitative estimate of drug-likeness (QED) is 0.235. The van der Waals surface area contributed by atoms with Gasteiger partial charge in [-0.05, 0) is 12.2 Å². The number of amides is 3. The molecule has 1 fully saturated rings. The summed E-state index contributed by atoms with van der Waals surface area (Å²) in [5, 5.41) is 13.2. The first kappa shape index (κ1) is 20.5. The molecule has 2 rings (SSSR count). The Balaban J connectivity index is 2.07. The molecular weight excluding hydrogens is 402 g/mol. The number of nitrogens with one attached hydrogen (secondary N) is 3. The standard InChI is InChI=1S/C14H18ClN5O4S2/c1-3-4-25-13-10(12(23)19-13)18-11(22)9(20-24-2)7-6-26-14(16-7)17-8(21)5-15/h6,10,13H,3-5H2,1-2H3,(H,18,22)(H,19,23)(H,16,17,21)/t10-,13+/m1/s1. The fourth-order valence-corrected chi connectivity index (χ4v) is 3.83. The molecule has 142 valence electrons. The summed E-state index contributed by atoms with van der Waals surface area (Å²) < 4.78 is 0. The monoisotopic (exact) mass is 419 g/mol. The largest absolute Gasteiger partial charge is 0.398 e. The molecule has 1 aliphatic heterocycles. The third-order valence-corrected chi connectivity index (χ3v) is 5.56. The highest BCUT2D eigenvalue weighted by atomic mass is 35.5. The molecule has 0 unspecified atom stereocenters. The Hall–Kier alpha value is -1.85. The molecule has 1 saturated heterocycles. The maximum Gasteiger partial charge on any atom is 0.276 e. The second kappa shape index (κ2) is 9.74. The fraction of sp³-hybridized carbons (Fsp3) is 0.500. The van der Waals surface area contributed by atoms with Crippen LogP contribution in [0.1, 0.15) is 19.0 Å². The SMILES string of the molecule is CCCS[C@@H]1NC(=O)[C@H]1NC(=O)C(=NOC)c1csc(NC(=O)CCl)n1. The van der Waals surface area contributed by atoms with Crippen LogP contribution in [0, 0.1) is 0 Å². The van der Waals surface area contributed by atoms with Crippen molar-refractivity contribution in [2.75, 3.05) is 24.1 Å². The van der Waals surface area contributed by atoms with E-state index in [0.717, 1.165) is 23.5 Å². The molecule has 3 amide bonds. The van der Waals surface area contributed by atoms with Crippen LogP contribution in [0.4, 0.5) is 5.13 Å². The molecule has 0 aliphatic carbocycles. The van der Waals surface area contributed by atoms with Crippen LogP contribution in [0.25, 0.3) is 0 Å². The molecule has 26 heavy (non-hydrogen) atoms. The van der Waals surface area contributed by atoms with Gasteiger partial charge in [-0.25, -0.2) is 4.98 Å². The van der Waals surface area contributed by atoms with Gasteiger partial charge >= 0.3 is 0 Å². The van der Waals surface area contributed by atoms with Crippen molar-refractivity contribution in [3.8, 4) is 0 Å². The number of alkyl halides is 1. The number of β-lactam (4-membered cyclic amide) rings is 1. The summed E-state index contributed by atoms with van der Waals surface area (Å²) in [7, 11) is 1.30. The van der Waals surface area contributed by atoms with Crippen LogP contribution in [-0.4, -0.2) is 58.6 Å². The lowest BCUT2D eigenvalue weighted by atomic mass is 10.1. The van der Waals surface area contributed by atoms with Crippen LogP contribution in [0.15, 0.2) is 10.5 Å². The number of hydrogen-bond donors (Lipinski definition) is 3. The van der Waals surface area contributed by atoms with Crippen LogP contribution in [0.5, 0.6) is 0 Å². The number of halogens is 1. The van der Waals surface area contributed by atoms with E-state index < -0.39 is 17.9 Å². The van der Waals surface area contributed by atoms with Crippen LogP contribution in [0.2, 0.25) is 0 Å². The summed E-state index contributed by atoms with van der Waals surface area (Å²) in [4.78, 5) is 44.4. The first-order valence-electron chi connectivity index (χ1n) is 7.65. The first-order chi connectivity index (χ1) is 12.5. The number of nitrogens with zero attached hydrogens (tertiary/aromatic N) is 2. The Bertz CT molecular complexity index is 711. The van der Waals surface area contributed by atoms with Gasteiger partial charge in [-0.2, -0.15) is 0 Å². The van der Waals surface area contributed by atoms with Crippen molar-refractivity contribution < 1.29 is 19.2 Å². The summed E-state index contributed by atoms with van der Waals surface area (Å²) in [5.74, 6) is -0.593. The van der Waals surface area contributed by atoms with Gasteiger partial charge in [0.1, 0.15) is 30.1 Å². The first-order valence-corrected chi connectivity index (χ1v) is 10.1. The number of thioether (sulfide) groups is 1. The molecule has 0 bridgehead atoms. The van der Waals surface area contributed by atoms with Gasteiger partial charge in [-0.15, -0.1) is 34.7 Å². The van der Waals surface area contributed by atoms with Crippen LogP contribution >= 0.6 is 34.7 Å². The lowest BCUT2D eigenvalue weighted by Gasteiger charge is -2.36. The summed E-state index contributed by atoms with van der Waals surface area (Å²) in [6, 6.07) is -0.643. The topological polar surface area (TPSA) is 122 Å². The lowest BCUT2D eigenvalue weighted by molar-refractivity contribution is -0.132. The van der Waals surface area contributed by atoms with Crippen molar-refractivity contribution in [2.24, 2.45) is 5.16 Å². The minimum absolute atomic E-state index is 0.0888. The molecule has 12 heteroatoms. The Labute approximate surface area is 163 Å². The maximum absolute atomic E-state index is 12.5. The highest BCUT2D eigenvalue weighted by Crippen LogP contribution is 2.21. The number of anilines is 1. The van der Waals surface area contributed by atoms with Crippen molar-refractivity contribution in [1.29, 1.82) is 0 Å². The zero-order valence-electron chi connectivity index (χ0n) is 14.1. The van der Waals surface area contributed by atoms with Crippen molar-refractivity contribution in [3.63, 3.8) is 0 Å². The van der Waals surface area contributed by atoms with Crippen molar-refractivity contribution >= 4 is 63.3 Å². The molecule has 2 atom stereocenters. The summed E-state index contributed by atoms with van der Waals surface area (Å²) in [6.45, 7) is 2.03. The van der Waals surface area contributed by atoms with Gasteiger partial charge < -0.3 is 20.8 Å². The Morgan fingerprint density at radius 1 is 1.54 bits per heavy atom. The highest BCUT2D eigenvalue weighted by Gasteiger charge is 2.41. The maximum atomic E-state index is 12.5. The summed E-state index contributed by atoms with van der Waals surface area (Å²) >= 11 is 8.11. The van der Waals surface area contributed by atoms with E-state index in [1.54, 1.807) is 17.1 Å². The molecule has 1 aromatic rings. The number of carbonyl (C=O) groups is 3. The number of carbonyl (C=O) groups excluding carboxylic acids is 3. The predicted octanol–water partition coefficient (Wildman–Crippen LogP) is 0.755. The smallest absolute Gasteiger partial charge is 0.276 e. The fourth-order valence-electron chi connectivity index (χ4n) is 1.98. The van der Waals surface area contributed by atoms with E-state index in [9.17, 15) is 14.4 Å². The minimum Gasteiger partial charge on any atom is -0.398 e. The van der Waals surface area contributed by atoms with Gasteiger partial charge in [0.25, 0.3) is 5.91 Å². The predicted molar refractivity (Wildman–Crippen MR) is 102 cm³/mol. The van der Waals surface area contributed by atoms with E-state index in [0.29, 0.717) is 0 Å². The van der Waals surface area contributed by atoms with E-state index >= 15 is 0 Å². The van der Waals surface area contributed by atoms with E-state index in [1.165, 1.54) is 7.11 Å². The average molecular weight is 420 g/mol. The molecule has 2 heterocycles. The molecule has 0 spiro atoms. The van der Waals surface area contributed by atoms with Gasteiger partial charge in [0.2, 0.25) is 11.8 Å². The van der Waals surface area contributed by atoms with E-state index in [1.807, 2.05) is 6.92 Å². The molecule has 0 radical (unpaired) electrons. The van der Waals surface area contributed by atoms with Gasteiger partial charge in [-0.1, -0.05) is 12.1 Å². The zero-order valence-corrected chi connectivity index (χ0v) is 16.5. The number of hydrogen-bond acceptors (Lipinski definition) is 8. The Morgan fingerprint density at radius 2 is 2.31 bits per heavy atom. The van der Waals surface area contributed by atoms with Crippen LogP contribution < -0.4 is 16.0 Å². The Morgan fingerprint density at radius 3 is 2.92 bits per heavy atom. The van der Waals surface area contributed by atoms with E-state index in [4.69, 9.17) is 16.4 Å².